The van der Waals surface area contributed by atoms with Gasteiger partial charge in [0.15, 0.2) is 0 Å². The molecule has 0 aliphatic rings. The van der Waals surface area contributed by atoms with Crippen LogP contribution in [0.1, 0.15) is 33.1 Å². The van der Waals surface area contributed by atoms with Gasteiger partial charge in [0.25, 0.3) is 0 Å². The Kier molecular flexibility index (Phi) is 4.62. The standard InChI is InChI=1S/C11H21N3O/c1-3-5-10(12)9-14-8-7-13(6-4-2)11(14)15/h7-8,10H,3-6,9,12H2,1-2H3. The van der Waals surface area contributed by atoms with Gasteiger partial charge in [-0.3, -0.25) is 9.13 Å². The van der Waals surface area contributed by atoms with Crippen molar-refractivity contribution in [3.8, 4) is 0 Å². The van der Waals surface area contributed by atoms with Crippen LogP contribution in [0.3, 0.4) is 0 Å². The van der Waals surface area contributed by atoms with E-state index >= 15 is 0 Å². The summed E-state index contributed by atoms with van der Waals surface area (Å²) in [6, 6.07) is 0.0881. The number of nitrogens with zero attached hydrogens (tertiary/aromatic N) is 2. The monoisotopic (exact) mass is 211 g/mol. The minimum Gasteiger partial charge on any atom is -0.326 e. The molecule has 2 N–H and O–H groups in total. The summed E-state index contributed by atoms with van der Waals surface area (Å²) in [5.74, 6) is 0. The van der Waals surface area contributed by atoms with Crippen molar-refractivity contribution in [1.29, 1.82) is 0 Å². The maximum atomic E-state index is 11.8. The van der Waals surface area contributed by atoms with Crippen LogP contribution in [-0.2, 0) is 13.1 Å². The van der Waals surface area contributed by atoms with E-state index in [1.54, 1.807) is 9.13 Å². The first kappa shape index (κ1) is 12.0. The fourth-order valence-electron chi connectivity index (χ4n) is 1.72. The van der Waals surface area contributed by atoms with Crippen LogP contribution in [0.5, 0.6) is 0 Å². The van der Waals surface area contributed by atoms with Gasteiger partial charge in [0.05, 0.1) is 0 Å². The van der Waals surface area contributed by atoms with Crippen LogP contribution in [0.2, 0.25) is 0 Å². The molecule has 1 aromatic rings. The summed E-state index contributed by atoms with van der Waals surface area (Å²) in [4.78, 5) is 11.8. The third kappa shape index (κ3) is 3.23. The maximum Gasteiger partial charge on any atom is 0.328 e. The Morgan fingerprint density at radius 2 is 1.93 bits per heavy atom. The molecule has 1 atom stereocenters. The molecule has 0 spiro atoms. The van der Waals surface area contributed by atoms with Crippen LogP contribution in [0.15, 0.2) is 17.2 Å². The van der Waals surface area contributed by atoms with Gasteiger partial charge in [-0.1, -0.05) is 20.3 Å². The van der Waals surface area contributed by atoms with Crippen molar-refractivity contribution in [2.75, 3.05) is 0 Å². The molecule has 15 heavy (non-hydrogen) atoms. The van der Waals surface area contributed by atoms with Crippen LogP contribution in [0.25, 0.3) is 0 Å². The van der Waals surface area contributed by atoms with Crippen LogP contribution in [0.4, 0.5) is 0 Å². The highest BCUT2D eigenvalue weighted by atomic mass is 16.1. The van der Waals surface area contributed by atoms with Gasteiger partial charge in [-0.25, -0.2) is 4.79 Å². The van der Waals surface area contributed by atoms with Crippen molar-refractivity contribution < 1.29 is 0 Å². The highest BCUT2D eigenvalue weighted by Crippen LogP contribution is 1.96. The van der Waals surface area contributed by atoms with E-state index in [4.69, 9.17) is 5.73 Å². The van der Waals surface area contributed by atoms with Crippen molar-refractivity contribution in [1.82, 2.24) is 9.13 Å². The molecule has 0 saturated carbocycles. The molecule has 0 aliphatic carbocycles. The molecule has 0 aliphatic heterocycles. The van der Waals surface area contributed by atoms with Gasteiger partial charge < -0.3 is 5.73 Å². The molecule has 0 radical (unpaired) electrons. The molecule has 0 fully saturated rings. The molecule has 0 bridgehead atoms. The highest BCUT2D eigenvalue weighted by molar-refractivity contribution is 4.82. The third-order valence-electron chi connectivity index (χ3n) is 2.47. The molecule has 1 heterocycles. The molecule has 1 rings (SSSR count). The minimum atomic E-state index is 0.0587. The van der Waals surface area contributed by atoms with E-state index in [-0.39, 0.29) is 11.7 Å². The SMILES string of the molecule is CCCC(N)Cn1ccn(CCC)c1=O. The maximum absolute atomic E-state index is 11.8. The molecule has 1 aromatic heterocycles. The van der Waals surface area contributed by atoms with E-state index < -0.39 is 0 Å². The van der Waals surface area contributed by atoms with E-state index in [2.05, 4.69) is 13.8 Å². The minimum absolute atomic E-state index is 0.0587. The molecule has 4 heteroatoms. The Hall–Kier alpha value is -1.03. The lowest BCUT2D eigenvalue weighted by molar-refractivity contribution is 0.495. The molecule has 86 valence electrons. The van der Waals surface area contributed by atoms with Crippen molar-refractivity contribution in [2.45, 2.75) is 52.2 Å². The predicted octanol–water partition coefficient (Wildman–Crippen LogP) is 1.19. The zero-order chi connectivity index (χ0) is 11.3. The third-order valence-corrected chi connectivity index (χ3v) is 2.47. The summed E-state index contributed by atoms with van der Waals surface area (Å²) in [5.41, 5.74) is 5.96. The fourth-order valence-corrected chi connectivity index (χ4v) is 1.72. The summed E-state index contributed by atoms with van der Waals surface area (Å²) in [7, 11) is 0. The van der Waals surface area contributed by atoms with E-state index in [9.17, 15) is 4.79 Å². The number of rotatable bonds is 6. The van der Waals surface area contributed by atoms with Crippen molar-refractivity contribution in [3.05, 3.63) is 22.9 Å². The quantitative estimate of drug-likeness (QED) is 0.768. The van der Waals surface area contributed by atoms with Crippen molar-refractivity contribution >= 4 is 0 Å². The summed E-state index contributed by atoms with van der Waals surface area (Å²) in [6.07, 6.45) is 6.67. The van der Waals surface area contributed by atoms with Crippen LogP contribution < -0.4 is 11.4 Å². The van der Waals surface area contributed by atoms with E-state index in [0.29, 0.717) is 6.54 Å². The summed E-state index contributed by atoms with van der Waals surface area (Å²) >= 11 is 0. The summed E-state index contributed by atoms with van der Waals surface area (Å²) in [5, 5.41) is 0. The lowest BCUT2D eigenvalue weighted by Crippen LogP contribution is -2.32. The Labute approximate surface area is 90.7 Å². The lowest BCUT2D eigenvalue weighted by Gasteiger charge is -2.09. The van der Waals surface area contributed by atoms with Crippen molar-refractivity contribution in [3.63, 3.8) is 0 Å². The molecular weight excluding hydrogens is 190 g/mol. The van der Waals surface area contributed by atoms with E-state index in [1.165, 1.54) is 0 Å². The smallest absolute Gasteiger partial charge is 0.326 e. The molecule has 1 unspecified atom stereocenters. The summed E-state index contributed by atoms with van der Waals surface area (Å²) in [6.45, 7) is 5.58. The number of hydrogen-bond acceptors (Lipinski definition) is 2. The molecule has 0 aromatic carbocycles. The normalized spacial score (nSPS) is 13.0. The molecule has 0 amide bonds. The predicted molar refractivity (Wildman–Crippen MR) is 61.9 cm³/mol. The van der Waals surface area contributed by atoms with Gasteiger partial charge in [-0.05, 0) is 12.8 Å². The van der Waals surface area contributed by atoms with Gasteiger partial charge in [0.2, 0.25) is 0 Å². The number of aryl methyl sites for hydroxylation is 1. The highest BCUT2D eigenvalue weighted by Gasteiger charge is 2.06. The van der Waals surface area contributed by atoms with Crippen LogP contribution >= 0.6 is 0 Å². The Morgan fingerprint density at radius 3 is 2.53 bits per heavy atom. The summed E-state index contributed by atoms with van der Waals surface area (Å²) < 4.78 is 3.44. The van der Waals surface area contributed by atoms with Gasteiger partial charge in [-0.2, -0.15) is 0 Å². The number of hydrogen-bond donors (Lipinski definition) is 1. The Morgan fingerprint density at radius 1 is 1.27 bits per heavy atom. The second-order valence-electron chi connectivity index (χ2n) is 3.98. The van der Waals surface area contributed by atoms with E-state index in [0.717, 1.165) is 25.8 Å². The largest absolute Gasteiger partial charge is 0.328 e. The second kappa shape index (κ2) is 5.75. The van der Waals surface area contributed by atoms with Gasteiger partial charge in [-0.15, -0.1) is 0 Å². The van der Waals surface area contributed by atoms with Gasteiger partial charge in [0, 0.05) is 31.5 Å². The van der Waals surface area contributed by atoms with Crippen LogP contribution in [-0.4, -0.2) is 15.2 Å². The Bertz CT molecular complexity index is 340. The van der Waals surface area contributed by atoms with Gasteiger partial charge in [0.1, 0.15) is 0 Å². The lowest BCUT2D eigenvalue weighted by atomic mass is 10.2. The Balaban J connectivity index is 2.66. The average Bonchev–Trinajstić information content (AvgIpc) is 2.51. The first-order chi connectivity index (χ1) is 7.19. The molecule has 0 saturated heterocycles. The van der Waals surface area contributed by atoms with E-state index in [1.807, 2.05) is 12.4 Å². The average molecular weight is 211 g/mol. The topological polar surface area (TPSA) is 52.9 Å². The molecule has 4 nitrogen and oxygen atoms in total. The van der Waals surface area contributed by atoms with Crippen molar-refractivity contribution in [2.24, 2.45) is 5.73 Å². The van der Waals surface area contributed by atoms with Crippen LogP contribution in [0, 0.1) is 0 Å². The first-order valence-corrected chi connectivity index (χ1v) is 5.70. The number of nitrogens with two attached hydrogens (primary N) is 1. The number of aromatic nitrogens is 2. The molecular formula is C11H21N3O. The fraction of sp³-hybridized carbons (Fsp3) is 0.727. The second-order valence-corrected chi connectivity index (χ2v) is 3.98. The first-order valence-electron chi connectivity index (χ1n) is 5.70. The zero-order valence-corrected chi connectivity index (χ0v) is 9.65. The zero-order valence-electron chi connectivity index (χ0n) is 9.65. The number of imidazole rings is 1. The van der Waals surface area contributed by atoms with Gasteiger partial charge >= 0.3 is 5.69 Å².